The summed E-state index contributed by atoms with van der Waals surface area (Å²) in [5.41, 5.74) is 7.94. The average Bonchev–Trinajstić information content (AvgIpc) is 3.62. The zero-order valence-corrected chi connectivity index (χ0v) is 26.5. The summed E-state index contributed by atoms with van der Waals surface area (Å²) in [6.45, 7) is 4.32. The Labute approximate surface area is 262 Å². The van der Waals surface area contributed by atoms with Crippen molar-refractivity contribution in [1.29, 1.82) is 0 Å². The summed E-state index contributed by atoms with van der Waals surface area (Å²) < 4.78 is 3.34. The van der Waals surface area contributed by atoms with Gasteiger partial charge in [0.1, 0.15) is 0 Å². The van der Waals surface area contributed by atoms with Crippen molar-refractivity contribution < 1.29 is 24.2 Å². The van der Waals surface area contributed by atoms with Crippen LogP contribution in [0.2, 0.25) is 0 Å². The molecule has 0 saturated heterocycles. The maximum atomic E-state index is 3.34. The van der Waals surface area contributed by atoms with Gasteiger partial charge in [-0.25, -0.2) is 0 Å². The average molecular weight is 616 g/mol. The van der Waals surface area contributed by atoms with Crippen molar-refractivity contribution in [3.8, 4) is 22.3 Å². The first-order valence-corrected chi connectivity index (χ1v) is 16.0. The van der Waals surface area contributed by atoms with Crippen LogP contribution < -0.4 is 0 Å². The first kappa shape index (κ1) is 28.0. The molecule has 0 nitrogen and oxygen atoms in total. The molecule has 0 N–H and O–H groups in total. The van der Waals surface area contributed by atoms with Gasteiger partial charge in [0, 0.05) is 0 Å². The minimum atomic E-state index is 1.30. The molecule has 0 aliphatic heterocycles. The molecule has 0 bridgehead atoms. The molecule has 1 heteroatoms. The van der Waals surface area contributed by atoms with Gasteiger partial charge in [-0.15, -0.1) is 69.1 Å². The molecule has 0 radical (unpaired) electrons. The molecule has 8 aromatic carbocycles. The second-order valence-electron chi connectivity index (χ2n) is 10.7. The molecule has 0 amide bonds. The van der Waals surface area contributed by atoms with E-state index in [0.717, 1.165) is 0 Å². The van der Waals surface area contributed by atoms with Gasteiger partial charge in [-0.1, -0.05) is 122 Å². The summed E-state index contributed by atoms with van der Waals surface area (Å²) in [4.78, 5) is 0. The molecule has 42 heavy (non-hydrogen) atoms. The van der Waals surface area contributed by atoms with Gasteiger partial charge in [-0.3, -0.25) is 0 Å². The summed E-state index contributed by atoms with van der Waals surface area (Å²) in [5, 5.41) is 10.6. The van der Waals surface area contributed by atoms with Crippen LogP contribution in [0, 0.1) is 13.8 Å². The molecule has 0 heterocycles. The van der Waals surface area contributed by atoms with Gasteiger partial charge >= 0.3 is 28.4 Å². The van der Waals surface area contributed by atoms with Crippen molar-refractivity contribution >= 4 is 47.3 Å². The number of aryl methyl sites for hydroxylation is 2. The predicted molar refractivity (Wildman–Crippen MR) is 182 cm³/mol. The first-order valence-electron chi connectivity index (χ1n) is 14.3. The van der Waals surface area contributed by atoms with Crippen LogP contribution >= 0.6 is 0 Å². The fraction of sp³-hybridized carbons (Fsp3) is 0.0488. The van der Waals surface area contributed by atoms with E-state index in [4.69, 9.17) is 0 Å². The van der Waals surface area contributed by atoms with E-state index in [2.05, 4.69) is 164 Å². The quantitative estimate of drug-likeness (QED) is 0.170. The third-order valence-corrected chi connectivity index (χ3v) is 7.95. The van der Waals surface area contributed by atoms with Gasteiger partial charge in [-0.05, 0) is 32.7 Å². The number of rotatable bonds is 2. The predicted octanol–water partition coefficient (Wildman–Crippen LogP) is 11.3. The van der Waals surface area contributed by atoms with E-state index in [9.17, 15) is 0 Å². The molecule has 0 aromatic heterocycles. The third-order valence-electron chi connectivity index (χ3n) is 7.95. The summed E-state index contributed by atoms with van der Waals surface area (Å²) >= 11 is 1.30. The Morgan fingerprint density at radius 3 is 1.17 bits per heavy atom. The van der Waals surface area contributed by atoms with Crippen LogP contribution in [0.5, 0.6) is 0 Å². The van der Waals surface area contributed by atoms with E-state index in [1.807, 2.05) is 0 Å². The van der Waals surface area contributed by atoms with Gasteiger partial charge in [-0.2, -0.15) is 12.1 Å². The normalized spacial score (nSPS) is 10.9. The number of hydrogen-bond acceptors (Lipinski definition) is 0. The van der Waals surface area contributed by atoms with E-state index in [1.54, 1.807) is 0 Å². The Morgan fingerprint density at radius 1 is 0.405 bits per heavy atom. The van der Waals surface area contributed by atoms with Crippen molar-refractivity contribution in [3.05, 3.63) is 157 Å². The van der Waals surface area contributed by atoms with E-state index >= 15 is 0 Å². The van der Waals surface area contributed by atoms with E-state index in [1.165, 1.54) is 101 Å². The van der Waals surface area contributed by atoms with E-state index in [-0.39, 0.29) is 0 Å². The van der Waals surface area contributed by atoms with Gasteiger partial charge in [0.05, 0.1) is 0 Å². The molecule has 8 rings (SSSR count). The fourth-order valence-corrected chi connectivity index (χ4v) is 6.16. The van der Waals surface area contributed by atoms with E-state index in [0.29, 0.717) is 0 Å². The van der Waals surface area contributed by atoms with Crippen LogP contribution in [0.25, 0.3) is 65.3 Å². The van der Waals surface area contributed by atoms with Crippen molar-refractivity contribution in [3.63, 3.8) is 0 Å². The van der Waals surface area contributed by atoms with Crippen molar-refractivity contribution in [2.45, 2.75) is 13.8 Å². The second-order valence-corrected chi connectivity index (χ2v) is 10.7. The zero-order valence-electron chi connectivity index (χ0n) is 24.1. The third kappa shape index (κ3) is 5.38. The van der Waals surface area contributed by atoms with Crippen molar-refractivity contribution in [1.82, 2.24) is 0 Å². The molecular weight excluding hydrogens is 584 g/mol. The summed E-state index contributed by atoms with van der Waals surface area (Å²) in [5.74, 6) is 0. The molecule has 200 valence electrons. The van der Waals surface area contributed by atoms with Crippen LogP contribution in [0.1, 0.15) is 11.1 Å². The molecule has 0 spiro atoms. The molecule has 0 aliphatic carbocycles. The van der Waals surface area contributed by atoms with Gasteiger partial charge in [0.15, 0.2) is 0 Å². The SMILES string of the molecule is Cc1cc2c(-c3cccc4ccccc34)cccc2[cH-]1.Cc1cc2c(-c3cccc4ccccc34)cccc2[cH-]1.[CH2]=[Zr+2]. The van der Waals surface area contributed by atoms with Gasteiger partial charge in [0.2, 0.25) is 0 Å². The van der Waals surface area contributed by atoms with E-state index < -0.39 is 0 Å². The Bertz CT molecular complexity index is 1990. The molecule has 0 saturated carbocycles. The summed E-state index contributed by atoms with van der Waals surface area (Å²) in [7, 11) is 0. The number of hydrogen-bond donors (Lipinski definition) is 0. The molecular formula is C41H32Zr. The molecule has 0 fully saturated rings. The minimum absolute atomic E-state index is 1.30. The van der Waals surface area contributed by atoms with Crippen LogP contribution in [0.4, 0.5) is 0 Å². The van der Waals surface area contributed by atoms with Crippen LogP contribution in [-0.2, 0) is 24.2 Å². The zero-order chi connectivity index (χ0) is 29.1. The first-order chi connectivity index (χ1) is 20.7. The van der Waals surface area contributed by atoms with Crippen molar-refractivity contribution in [2.75, 3.05) is 0 Å². The Balaban J connectivity index is 0.000000142. The van der Waals surface area contributed by atoms with Gasteiger partial charge in [0.25, 0.3) is 0 Å². The number of fused-ring (bicyclic) bond motifs is 4. The maximum absolute atomic E-state index is 3.34. The van der Waals surface area contributed by atoms with Crippen LogP contribution in [0.15, 0.2) is 146 Å². The molecule has 0 aliphatic rings. The molecule has 0 atom stereocenters. The summed E-state index contributed by atoms with van der Waals surface area (Å²) in [6.07, 6.45) is 0. The van der Waals surface area contributed by atoms with Crippen molar-refractivity contribution in [2.24, 2.45) is 0 Å². The Hall–Kier alpha value is -4.19. The molecule has 0 unspecified atom stereocenters. The number of benzene rings is 6. The van der Waals surface area contributed by atoms with Gasteiger partial charge < -0.3 is 0 Å². The summed E-state index contributed by atoms with van der Waals surface area (Å²) in [6, 6.07) is 52.5. The monoisotopic (exact) mass is 614 g/mol. The van der Waals surface area contributed by atoms with Crippen LogP contribution in [0.3, 0.4) is 0 Å². The fourth-order valence-electron chi connectivity index (χ4n) is 6.16. The van der Waals surface area contributed by atoms with Crippen LogP contribution in [-0.4, -0.2) is 4.21 Å². The second kappa shape index (κ2) is 12.4. The topological polar surface area (TPSA) is 0 Å². The Kier molecular flexibility index (Phi) is 8.23. The molecule has 8 aromatic rings. The standard InChI is InChI=1S/2C20H15.CH2.Zr/c2*1-14-12-16-8-5-11-19(20(16)13-14)18-10-4-7-15-6-2-3-9-17(15)18;;/h2*2-13H,1H3;1H2;/q2*-1;;+2. The Morgan fingerprint density at radius 2 is 0.738 bits per heavy atom.